The fourth-order valence-electron chi connectivity index (χ4n) is 1.44. The van der Waals surface area contributed by atoms with Crippen LogP contribution < -0.4 is 5.73 Å². The average molecular weight is 285 g/mol. The van der Waals surface area contributed by atoms with Crippen LogP contribution in [0, 0.1) is 0 Å². The number of halogens is 1. The van der Waals surface area contributed by atoms with Crippen LogP contribution in [-0.2, 0) is 0 Å². The first-order chi connectivity index (χ1) is 7.56. The summed E-state index contributed by atoms with van der Waals surface area (Å²) in [5.41, 5.74) is 7.13. The van der Waals surface area contributed by atoms with Crippen LogP contribution in [0.4, 0.5) is 5.82 Å². The number of unbranched alkanes of at least 4 members (excludes halogenated alkanes) is 1. The van der Waals surface area contributed by atoms with Crippen LogP contribution in [0.15, 0.2) is 28.9 Å². The minimum Gasteiger partial charge on any atom is -0.384 e. The van der Waals surface area contributed by atoms with Gasteiger partial charge in [-0.15, -0.1) is 0 Å². The summed E-state index contributed by atoms with van der Waals surface area (Å²) in [5, 5.41) is 10.1. The Labute approximate surface area is 105 Å². The summed E-state index contributed by atoms with van der Waals surface area (Å²) >= 11 is 3.31. The highest BCUT2D eigenvalue weighted by Crippen LogP contribution is 2.29. The summed E-state index contributed by atoms with van der Waals surface area (Å²) in [7, 11) is 0. The molecule has 0 aliphatic rings. The minimum absolute atomic E-state index is 0.355. The first kappa shape index (κ1) is 13.2. The van der Waals surface area contributed by atoms with Crippen molar-refractivity contribution in [2.45, 2.75) is 32.3 Å². The Kier molecular flexibility index (Phi) is 4.96. The molecular formula is C12H17BrN2O. The van der Waals surface area contributed by atoms with Crippen molar-refractivity contribution in [3.8, 4) is 0 Å². The summed E-state index contributed by atoms with van der Waals surface area (Å²) in [6.45, 7) is 6.00. The van der Waals surface area contributed by atoms with Crippen molar-refractivity contribution in [1.82, 2.24) is 4.98 Å². The SMILES string of the molecule is C=C(CCCC)C(O)c1cc(Br)cnc1N. The number of aliphatic hydroxyl groups is 1. The predicted molar refractivity (Wildman–Crippen MR) is 70.0 cm³/mol. The topological polar surface area (TPSA) is 59.1 Å². The Morgan fingerprint density at radius 1 is 1.69 bits per heavy atom. The van der Waals surface area contributed by atoms with Crippen LogP contribution in [0.5, 0.6) is 0 Å². The second-order valence-corrected chi connectivity index (χ2v) is 4.71. The van der Waals surface area contributed by atoms with E-state index in [0.29, 0.717) is 11.4 Å². The quantitative estimate of drug-likeness (QED) is 0.817. The highest BCUT2D eigenvalue weighted by atomic mass is 79.9. The Hall–Kier alpha value is -0.870. The van der Waals surface area contributed by atoms with Gasteiger partial charge in [0.15, 0.2) is 0 Å². The summed E-state index contributed by atoms with van der Waals surface area (Å²) in [6.07, 6.45) is 3.80. The monoisotopic (exact) mass is 284 g/mol. The van der Waals surface area contributed by atoms with Crippen molar-refractivity contribution >= 4 is 21.7 Å². The van der Waals surface area contributed by atoms with E-state index < -0.39 is 6.10 Å². The number of nitrogens with two attached hydrogens (primary N) is 1. The predicted octanol–water partition coefficient (Wildman–Crippen LogP) is 3.21. The van der Waals surface area contributed by atoms with E-state index in [1.165, 1.54) is 0 Å². The largest absolute Gasteiger partial charge is 0.384 e. The molecule has 16 heavy (non-hydrogen) atoms. The number of anilines is 1. The molecule has 0 spiro atoms. The van der Waals surface area contributed by atoms with Crippen molar-refractivity contribution < 1.29 is 5.11 Å². The number of nitrogens with zero attached hydrogens (tertiary/aromatic N) is 1. The van der Waals surface area contributed by atoms with Crippen molar-refractivity contribution in [3.63, 3.8) is 0 Å². The van der Waals surface area contributed by atoms with E-state index in [0.717, 1.165) is 29.3 Å². The maximum absolute atomic E-state index is 10.1. The number of aromatic nitrogens is 1. The van der Waals surface area contributed by atoms with Gasteiger partial charge in [0, 0.05) is 16.2 Å². The highest BCUT2D eigenvalue weighted by Gasteiger charge is 2.15. The third-order valence-corrected chi connectivity index (χ3v) is 2.88. The second-order valence-electron chi connectivity index (χ2n) is 3.79. The molecule has 4 heteroatoms. The van der Waals surface area contributed by atoms with E-state index >= 15 is 0 Å². The number of pyridine rings is 1. The molecule has 0 radical (unpaired) electrons. The molecule has 0 amide bonds. The molecule has 3 nitrogen and oxygen atoms in total. The van der Waals surface area contributed by atoms with Crippen molar-refractivity contribution in [2.24, 2.45) is 0 Å². The van der Waals surface area contributed by atoms with Crippen LogP contribution in [-0.4, -0.2) is 10.1 Å². The van der Waals surface area contributed by atoms with Gasteiger partial charge in [0.05, 0.1) is 0 Å². The zero-order chi connectivity index (χ0) is 12.1. The first-order valence-electron chi connectivity index (χ1n) is 5.33. The summed E-state index contributed by atoms with van der Waals surface area (Å²) < 4.78 is 0.805. The molecule has 1 unspecified atom stereocenters. The molecule has 88 valence electrons. The number of hydrogen-bond donors (Lipinski definition) is 2. The van der Waals surface area contributed by atoms with E-state index in [4.69, 9.17) is 5.73 Å². The lowest BCUT2D eigenvalue weighted by atomic mass is 9.99. The minimum atomic E-state index is -0.725. The Morgan fingerprint density at radius 3 is 3.00 bits per heavy atom. The van der Waals surface area contributed by atoms with E-state index in [2.05, 4.69) is 34.4 Å². The lowest BCUT2D eigenvalue weighted by Crippen LogP contribution is -2.06. The second kappa shape index (κ2) is 6.01. The Morgan fingerprint density at radius 2 is 2.38 bits per heavy atom. The lowest BCUT2D eigenvalue weighted by Gasteiger charge is -2.15. The van der Waals surface area contributed by atoms with Crippen molar-refractivity contribution in [3.05, 3.63) is 34.5 Å². The molecule has 1 atom stereocenters. The van der Waals surface area contributed by atoms with Crippen LogP contribution in [0.1, 0.15) is 37.9 Å². The maximum atomic E-state index is 10.1. The van der Waals surface area contributed by atoms with E-state index in [1.54, 1.807) is 12.3 Å². The Balaban J connectivity index is 2.82. The molecule has 1 heterocycles. The van der Waals surface area contributed by atoms with Crippen LogP contribution in [0.25, 0.3) is 0 Å². The van der Waals surface area contributed by atoms with E-state index in [-0.39, 0.29) is 0 Å². The van der Waals surface area contributed by atoms with Gasteiger partial charge in [0.25, 0.3) is 0 Å². The number of hydrogen-bond acceptors (Lipinski definition) is 3. The molecule has 0 saturated heterocycles. The molecule has 0 aliphatic carbocycles. The summed E-state index contributed by atoms with van der Waals surface area (Å²) in [4.78, 5) is 3.99. The lowest BCUT2D eigenvalue weighted by molar-refractivity contribution is 0.211. The average Bonchev–Trinajstić information content (AvgIpc) is 2.28. The fraction of sp³-hybridized carbons (Fsp3) is 0.417. The summed E-state index contributed by atoms with van der Waals surface area (Å²) in [6, 6.07) is 1.78. The van der Waals surface area contributed by atoms with Crippen molar-refractivity contribution in [1.29, 1.82) is 0 Å². The number of rotatable bonds is 5. The third kappa shape index (κ3) is 3.32. The zero-order valence-corrected chi connectivity index (χ0v) is 11.0. The molecule has 0 bridgehead atoms. The van der Waals surface area contributed by atoms with Gasteiger partial charge in [-0.3, -0.25) is 0 Å². The molecular weight excluding hydrogens is 268 g/mol. The normalized spacial score (nSPS) is 12.4. The first-order valence-corrected chi connectivity index (χ1v) is 6.12. The van der Waals surface area contributed by atoms with E-state index in [9.17, 15) is 5.11 Å². The van der Waals surface area contributed by atoms with Gasteiger partial charge in [-0.2, -0.15) is 0 Å². The fourth-order valence-corrected chi connectivity index (χ4v) is 1.79. The van der Waals surface area contributed by atoms with Gasteiger partial charge in [-0.05, 0) is 40.4 Å². The zero-order valence-electron chi connectivity index (χ0n) is 9.41. The molecule has 0 aliphatic heterocycles. The van der Waals surface area contributed by atoms with Crippen molar-refractivity contribution in [2.75, 3.05) is 5.73 Å². The molecule has 1 aromatic rings. The van der Waals surface area contributed by atoms with Gasteiger partial charge in [-0.1, -0.05) is 19.9 Å². The van der Waals surface area contributed by atoms with Gasteiger partial charge in [0.2, 0.25) is 0 Å². The molecule has 0 aromatic carbocycles. The standard InChI is InChI=1S/C12H17BrN2O/c1-3-4-5-8(2)11(16)10-6-9(13)7-15-12(10)14/h6-7,11,16H,2-5H2,1H3,(H2,14,15). The van der Waals surface area contributed by atoms with Gasteiger partial charge in [-0.25, -0.2) is 4.98 Å². The number of nitrogen functional groups attached to an aromatic ring is 1. The Bertz CT molecular complexity index is 379. The molecule has 0 fully saturated rings. The molecule has 3 N–H and O–H groups in total. The molecule has 1 aromatic heterocycles. The maximum Gasteiger partial charge on any atom is 0.129 e. The third-order valence-electron chi connectivity index (χ3n) is 2.45. The molecule has 1 rings (SSSR count). The molecule has 0 saturated carbocycles. The number of aliphatic hydroxyl groups excluding tert-OH is 1. The van der Waals surface area contributed by atoms with Crippen LogP contribution in [0.2, 0.25) is 0 Å². The summed E-state index contributed by atoms with van der Waals surface area (Å²) in [5.74, 6) is 0.355. The highest BCUT2D eigenvalue weighted by molar-refractivity contribution is 9.10. The smallest absolute Gasteiger partial charge is 0.129 e. The van der Waals surface area contributed by atoms with Gasteiger partial charge < -0.3 is 10.8 Å². The van der Waals surface area contributed by atoms with Gasteiger partial charge >= 0.3 is 0 Å². The van der Waals surface area contributed by atoms with Gasteiger partial charge in [0.1, 0.15) is 11.9 Å². The van der Waals surface area contributed by atoms with Crippen LogP contribution >= 0.6 is 15.9 Å². The van der Waals surface area contributed by atoms with Crippen LogP contribution in [0.3, 0.4) is 0 Å². The van der Waals surface area contributed by atoms with E-state index in [1.807, 2.05) is 0 Å².